The average Bonchev–Trinajstić information content (AvgIpc) is 2.15. The molecule has 0 aliphatic rings. The number of carbonyl (C=O) groups excluding carboxylic acids is 1. The van der Waals surface area contributed by atoms with Gasteiger partial charge in [-0.2, -0.15) is 0 Å². The molecule has 3 nitrogen and oxygen atoms in total. The Kier molecular flexibility index (Phi) is 6.38. The zero-order valence-corrected chi connectivity index (χ0v) is 12.0. The van der Waals surface area contributed by atoms with Crippen molar-refractivity contribution in [3.63, 3.8) is 0 Å². The number of esters is 1. The number of nitrogens with zero attached hydrogens (tertiary/aromatic N) is 1. The fourth-order valence-corrected chi connectivity index (χ4v) is 2.72. The number of rotatable bonds is 6. The van der Waals surface area contributed by atoms with Crippen molar-refractivity contribution < 1.29 is 9.53 Å². The van der Waals surface area contributed by atoms with Crippen molar-refractivity contribution in [3.05, 3.63) is 0 Å². The second-order valence-electron chi connectivity index (χ2n) is 4.85. The van der Waals surface area contributed by atoms with E-state index < -0.39 is 8.24 Å². The van der Waals surface area contributed by atoms with Gasteiger partial charge in [-0.1, -0.05) is 19.6 Å². The van der Waals surface area contributed by atoms with Gasteiger partial charge in [0.05, 0.1) is 13.0 Å². The highest BCUT2D eigenvalue weighted by Gasteiger charge is 2.28. The minimum Gasteiger partial charge on any atom is -0.466 e. The zero-order chi connectivity index (χ0) is 12.8. The third-order valence-corrected chi connectivity index (χ3v) is 5.15. The Labute approximate surface area is 100 Å². The molecule has 0 aromatic rings. The average molecular weight is 241 g/mol. The molecule has 0 bridgehead atoms. The number of hydrogen-bond donors (Lipinski definition) is 0. The molecule has 0 saturated heterocycles. The Balaban J connectivity index is 4.50. The van der Waals surface area contributed by atoms with E-state index in [2.05, 4.69) is 30.1 Å². The smallest absolute Gasteiger partial charge is 0.307 e. The fourth-order valence-electron chi connectivity index (χ4n) is 1.44. The molecular formula is C12H23NO2Si. The first-order valence-electron chi connectivity index (χ1n) is 5.65. The van der Waals surface area contributed by atoms with E-state index in [9.17, 15) is 4.79 Å². The van der Waals surface area contributed by atoms with Crippen molar-refractivity contribution in [2.45, 2.75) is 45.4 Å². The Morgan fingerprint density at radius 2 is 2.06 bits per heavy atom. The normalized spacial score (nSPS) is 13.3. The maximum Gasteiger partial charge on any atom is 0.307 e. The molecule has 0 amide bonds. The minimum atomic E-state index is -1.42. The maximum atomic E-state index is 11.5. The van der Waals surface area contributed by atoms with E-state index in [1.165, 1.54) is 0 Å². The summed E-state index contributed by atoms with van der Waals surface area (Å²) in [6.45, 7) is 8.96. The first-order valence-corrected chi connectivity index (χ1v) is 9.09. The number of hydrogen-bond acceptors (Lipinski definition) is 3. The van der Waals surface area contributed by atoms with Crippen molar-refractivity contribution in [3.8, 4) is 12.3 Å². The van der Waals surface area contributed by atoms with Crippen LogP contribution in [-0.2, 0) is 9.53 Å². The summed E-state index contributed by atoms with van der Waals surface area (Å²) in [6.07, 6.45) is 6.33. The van der Waals surface area contributed by atoms with Crippen LogP contribution in [0.2, 0.25) is 19.6 Å². The summed E-state index contributed by atoms with van der Waals surface area (Å²) < 4.78 is 7.23. The molecular weight excluding hydrogens is 218 g/mol. The lowest BCUT2D eigenvalue weighted by Gasteiger charge is -2.36. The number of ether oxygens (including phenoxy) is 1. The molecule has 0 aromatic carbocycles. The molecule has 0 N–H and O–H groups in total. The lowest BCUT2D eigenvalue weighted by atomic mass is 10.1. The highest BCUT2D eigenvalue weighted by Crippen LogP contribution is 2.16. The predicted octanol–water partition coefficient (Wildman–Crippen LogP) is 2.10. The van der Waals surface area contributed by atoms with Gasteiger partial charge in [-0.15, -0.1) is 12.3 Å². The number of carbonyl (C=O) groups is 1. The van der Waals surface area contributed by atoms with E-state index in [-0.39, 0.29) is 12.0 Å². The number of terminal acetylenes is 1. The molecule has 16 heavy (non-hydrogen) atoms. The maximum absolute atomic E-state index is 11.5. The summed E-state index contributed by atoms with van der Waals surface area (Å²) in [4.78, 5) is 11.5. The van der Waals surface area contributed by atoms with Gasteiger partial charge in [0.15, 0.2) is 0 Å². The Bertz CT molecular complexity index is 265. The molecule has 0 heterocycles. The van der Waals surface area contributed by atoms with Crippen molar-refractivity contribution in [2.24, 2.45) is 0 Å². The van der Waals surface area contributed by atoms with Crippen LogP contribution in [0.4, 0.5) is 0 Å². The monoisotopic (exact) mass is 241 g/mol. The van der Waals surface area contributed by atoms with Crippen LogP contribution < -0.4 is 0 Å². The summed E-state index contributed by atoms with van der Waals surface area (Å²) >= 11 is 0. The topological polar surface area (TPSA) is 29.5 Å². The first kappa shape index (κ1) is 15.2. The van der Waals surface area contributed by atoms with Gasteiger partial charge in [0.1, 0.15) is 8.24 Å². The molecule has 0 aromatic heterocycles. The van der Waals surface area contributed by atoms with Crippen LogP contribution in [0, 0.1) is 12.3 Å². The summed E-state index contributed by atoms with van der Waals surface area (Å²) in [5.74, 6) is 2.48. The standard InChI is InChI=1S/C12H23NO2Si/c1-7-9-11(10-12(14)15-8-2)13(3)16(4,5)6/h1,11H,8-10H2,2-6H3. The van der Waals surface area contributed by atoms with Crippen molar-refractivity contribution in [1.82, 2.24) is 4.57 Å². The molecule has 92 valence electrons. The second kappa shape index (κ2) is 6.72. The van der Waals surface area contributed by atoms with Crippen LogP contribution in [0.15, 0.2) is 0 Å². The highest BCUT2D eigenvalue weighted by molar-refractivity contribution is 6.73. The molecule has 1 atom stereocenters. The first-order chi connectivity index (χ1) is 7.32. The van der Waals surface area contributed by atoms with Crippen LogP contribution in [0.1, 0.15) is 19.8 Å². The van der Waals surface area contributed by atoms with E-state index in [0.29, 0.717) is 19.4 Å². The van der Waals surface area contributed by atoms with Gasteiger partial charge in [0.25, 0.3) is 0 Å². The summed E-state index contributed by atoms with van der Waals surface area (Å²) in [7, 11) is 0.628. The summed E-state index contributed by atoms with van der Waals surface area (Å²) in [5.41, 5.74) is 0. The third kappa shape index (κ3) is 5.33. The van der Waals surface area contributed by atoms with Gasteiger partial charge in [-0.05, 0) is 14.0 Å². The molecule has 0 fully saturated rings. The van der Waals surface area contributed by atoms with Crippen LogP contribution >= 0.6 is 0 Å². The molecule has 0 radical (unpaired) electrons. The zero-order valence-electron chi connectivity index (χ0n) is 11.0. The van der Waals surface area contributed by atoms with Crippen LogP contribution in [-0.4, -0.2) is 38.5 Å². The lowest BCUT2D eigenvalue weighted by Crippen LogP contribution is -2.50. The van der Waals surface area contributed by atoms with Crippen LogP contribution in [0.25, 0.3) is 0 Å². The predicted molar refractivity (Wildman–Crippen MR) is 69.6 cm³/mol. The van der Waals surface area contributed by atoms with Crippen molar-refractivity contribution in [2.75, 3.05) is 13.7 Å². The summed E-state index contributed by atoms with van der Waals surface area (Å²) in [6, 6.07) is 0.107. The molecule has 1 unspecified atom stereocenters. The Morgan fingerprint density at radius 1 is 1.50 bits per heavy atom. The molecule has 4 heteroatoms. The van der Waals surface area contributed by atoms with E-state index in [1.54, 1.807) is 0 Å². The third-order valence-electron chi connectivity index (χ3n) is 2.67. The van der Waals surface area contributed by atoms with E-state index >= 15 is 0 Å². The van der Waals surface area contributed by atoms with Crippen molar-refractivity contribution >= 4 is 14.2 Å². The highest BCUT2D eigenvalue weighted by atomic mass is 28.3. The lowest BCUT2D eigenvalue weighted by molar-refractivity contribution is -0.144. The molecule has 0 aliphatic heterocycles. The largest absolute Gasteiger partial charge is 0.466 e. The Hall–Kier alpha value is -0.793. The quantitative estimate of drug-likeness (QED) is 0.405. The SMILES string of the molecule is C#CCC(CC(=O)OCC)N(C)[Si](C)(C)C. The second-order valence-corrected chi connectivity index (χ2v) is 9.90. The van der Waals surface area contributed by atoms with Crippen LogP contribution in [0.5, 0.6) is 0 Å². The van der Waals surface area contributed by atoms with Gasteiger partial charge in [-0.25, -0.2) is 0 Å². The van der Waals surface area contributed by atoms with E-state index in [0.717, 1.165) is 0 Å². The van der Waals surface area contributed by atoms with Gasteiger partial charge in [0.2, 0.25) is 0 Å². The fraction of sp³-hybridized carbons (Fsp3) is 0.750. The van der Waals surface area contributed by atoms with Gasteiger partial charge in [-0.3, -0.25) is 4.79 Å². The van der Waals surface area contributed by atoms with Gasteiger partial charge >= 0.3 is 5.97 Å². The summed E-state index contributed by atoms with van der Waals surface area (Å²) in [5, 5.41) is 0. The molecule has 0 spiro atoms. The van der Waals surface area contributed by atoms with Gasteiger partial charge < -0.3 is 9.30 Å². The molecule has 0 rings (SSSR count). The molecule has 0 aliphatic carbocycles. The van der Waals surface area contributed by atoms with E-state index in [1.807, 2.05) is 14.0 Å². The molecule has 0 saturated carbocycles. The minimum absolute atomic E-state index is 0.107. The van der Waals surface area contributed by atoms with E-state index in [4.69, 9.17) is 11.2 Å². The van der Waals surface area contributed by atoms with Gasteiger partial charge in [0, 0.05) is 12.5 Å². The van der Waals surface area contributed by atoms with Crippen LogP contribution in [0.3, 0.4) is 0 Å². The Morgan fingerprint density at radius 3 is 2.44 bits per heavy atom. The van der Waals surface area contributed by atoms with Crippen molar-refractivity contribution in [1.29, 1.82) is 0 Å².